The third kappa shape index (κ3) is 2.52. The van der Waals surface area contributed by atoms with Gasteiger partial charge in [-0.2, -0.15) is 4.98 Å². The predicted octanol–water partition coefficient (Wildman–Crippen LogP) is 1.69. The molecule has 1 fully saturated rings. The minimum Gasteiger partial charge on any atom is -0.392 e. The lowest BCUT2D eigenvalue weighted by Gasteiger charge is -2.01. The Labute approximate surface area is 111 Å². The van der Waals surface area contributed by atoms with Gasteiger partial charge in [0.05, 0.1) is 12.1 Å². The molecule has 0 spiro atoms. The second-order valence-electron chi connectivity index (χ2n) is 4.86. The van der Waals surface area contributed by atoms with Crippen molar-refractivity contribution in [2.45, 2.75) is 31.9 Å². The van der Waals surface area contributed by atoms with E-state index < -0.39 is 0 Å². The van der Waals surface area contributed by atoms with Gasteiger partial charge in [-0.05, 0) is 18.4 Å². The first-order valence-corrected chi connectivity index (χ1v) is 6.60. The first-order valence-electron chi connectivity index (χ1n) is 6.60. The molecule has 19 heavy (non-hydrogen) atoms. The zero-order valence-corrected chi connectivity index (χ0v) is 10.8. The first-order chi connectivity index (χ1) is 9.26. The minimum atomic E-state index is -0.329. The molecule has 0 aliphatic carbocycles. The van der Waals surface area contributed by atoms with Crippen LogP contribution in [0.1, 0.15) is 30.8 Å². The van der Waals surface area contributed by atoms with Gasteiger partial charge in [-0.3, -0.25) is 0 Å². The highest BCUT2D eigenvalue weighted by atomic mass is 16.5. The fourth-order valence-corrected chi connectivity index (χ4v) is 2.29. The molecule has 2 N–H and O–H groups in total. The quantitative estimate of drug-likeness (QED) is 0.877. The molecule has 5 nitrogen and oxygen atoms in total. The van der Waals surface area contributed by atoms with E-state index >= 15 is 0 Å². The molecule has 2 aromatic rings. The molecule has 3 rings (SSSR count). The smallest absolute Gasteiger partial charge is 0.244 e. The monoisotopic (exact) mass is 259 g/mol. The Morgan fingerprint density at radius 3 is 2.79 bits per heavy atom. The lowest BCUT2D eigenvalue weighted by molar-refractivity contribution is 0.191. The summed E-state index contributed by atoms with van der Waals surface area (Å²) in [5.41, 5.74) is 2.23. The van der Waals surface area contributed by atoms with E-state index in [0.717, 1.165) is 12.0 Å². The zero-order valence-electron chi connectivity index (χ0n) is 10.8. The van der Waals surface area contributed by atoms with Gasteiger partial charge in [0.15, 0.2) is 0 Å². The third-order valence-corrected chi connectivity index (χ3v) is 3.47. The average Bonchev–Trinajstić information content (AvgIpc) is 3.07. The van der Waals surface area contributed by atoms with Crippen LogP contribution in [0.4, 0.5) is 0 Å². The fourth-order valence-electron chi connectivity index (χ4n) is 2.29. The maximum absolute atomic E-state index is 9.49. The van der Waals surface area contributed by atoms with Gasteiger partial charge >= 0.3 is 0 Å². The highest BCUT2D eigenvalue weighted by Gasteiger charge is 2.28. The molecule has 2 heterocycles. The highest BCUT2D eigenvalue weighted by molar-refractivity contribution is 5.54. The van der Waals surface area contributed by atoms with Crippen molar-refractivity contribution in [2.75, 3.05) is 6.54 Å². The van der Waals surface area contributed by atoms with Gasteiger partial charge in [-0.25, -0.2) is 0 Å². The largest absolute Gasteiger partial charge is 0.392 e. The first kappa shape index (κ1) is 12.3. The molecule has 1 saturated heterocycles. The van der Waals surface area contributed by atoms with Crippen LogP contribution in [0, 0.1) is 0 Å². The van der Waals surface area contributed by atoms with E-state index in [-0.39, 0.29) is 12.1 Å². The van der Waals surface area contributed by atoms with Crippen LogP contribution in [-0.2, 0) is 6.42 Å². The van der Waals surface area contributed by atoms with Crippen LogP contribution in [0.3, 0.4) is 0 Å². The van der Waals surface area contributed by atoms with E-state index in [4.69, 9.17) is 4.52 Å². The summed E-state index contributed by atoms with van der Waals surface area (Å²) in [4.78, 5) is 4.40. The number of aryl methyl sites for hydroxylation is 1. The zero-order chi connectivity index (χ0) is 13.2. The number of benzene rings is 1. The Morgan fingerprint density at radius 1 is 1.37 bits per heavy atom. The number of aliphatic hydroxyl groups excluding tert-OH is 1. The van der Waals surface area contributed by atoms with Crippen molar-refractivity contribution < 1.29 is 9.63 Å². The van der Waals surface area contributed by atoms with Crippen LogP contribution in [0.25, 0.3) is 11.4 Å². The van der Waals surface area contributed by atoms with Crippen molar-refractivity contribution in [1.29, 1.82) is 0 Å². The second kappa shape index (κ2) is 5.11. The lowest BCUT2D eigenvalue weighted by Crippen LogP contribution is -2.15. The Hall–Kier alpha value is -1.72. The number of hydrogen-bond donors (Lipinski definition) is 2. The summed E-state index contributed by atoms with van der Waals surface area (Å²) in [7, 11) is 0. The maximum atomic E-state index is 9.49. The van der Waals surface area contributed by atoms with E-state index in [0.29, 0.717) is 24.7 Å². The molecular formula is C14H17N3O2. The third-order valence-electron chi connectivity index (χ3n) is 3.47. The molecule has 0 bridgehead atoms. The molecule has 100 valence electrons. The highest BCUT2D eigenvalue weighted by Crippen LogP contribution is 2.24. The molecule has 1 aliphatic rings. The Kier molecular flexibility index (Phi) is 3.31. The summed E-state index contributed by atoms with van der Waals surface area (Å²) >= 11 is 0. The fraction of sp³-hybridized carbons (Fsp3) is 0.429. The Morgan fingerprint density at radius 2 is 2.16 bits per heavy atom. The summed E-state index contributed by atoms with van der Waals surface area (Å²) in [6.45, 7) is 2.70. The van der Waals surface area contributed by atoms with Crippen molar-refractivity contribution in [3.8, 4) is 11.4 Å². The van der Waals surface area contributed by atoms with E-state index in [1.54, 1.807) is 0 Å². The molecule has 0 radical (unpaired) electrons. The van der Waals surface area contributed by atoms with Crippen LogP contribution in [0.2, 0.25) is 0 Å². The number of rotatable bonds is 3. The van der Waals surface area contributed by atoms with Crippen LogP contribution >= 0.6 is 0 Å². The molecule has 0 unspecified atom stereocenters. The maximum Gasteiger partial charge on any atom is 0.244 e. The van der Waals surface area contributed by atoms with Gasteiger partial charge < -0.3 is 14.9 Å². The topological polar surface area (TPSA) is 71.2 Å². The standard InChI is InChI=1S/C14H17N3O2/c1-2-9-3-5-10(6-4-9)13-16-14(19-17-13)12-7-11(18)8-15-12/h3-6,11-12,15,18H,2,7-8H2,1H3/t11-,12+/m1/s1. The predicted molar refractivity (Wildman–Crippen MR) is 70.5 cm³/mol. The van der Waals surface area contributed by atoms with E-state index in [2.05, 4.69) is 34.5 Å². The SMILES string of the molecule is CCc1ccc(-c2noc([C@@H]3C[C@@H](O)CN3)n2)cc1. The molecule has 0 saturated carbocycles. The Balaban J connectivity index is 1.80. The van der Waals surface area contributed by atoms with Crippen LogP contribution < -0.4 is 5.32 Å². The van der Waals surface area contributed by atoms with Crippen molar-refractivity contribution in [3.63, 3.8) is 0 Å². The van der Waals surface area contributed by atoms with E-state index in [1.807, 2.05) is 12.1 Å². The molecule has 1 aliphatic heterocycles. The normalized spacial score (nSPS) is 22.8. The van der Waals surface area contributed by atoms with E-state index in [9.17, 15) is 5.11 Å². The molecule has 2 atom stereocenters. The van der Waals surface area contributed by atoms with Gasteiger partial charge in [0, 0.05) is 12.1 Å². The van der Waals surface area contributed by atoms with Crippen LogP contribution in [-0.4, -0.2) is 27.9 Å². The summed E-state index contributed by atoms with van der Waals surface area (Å²) in [5.74, 6) is 1.15. The summed E-state index contributed by atoms with van der Waals surface area (Å²) in [6, 6.07) is 8.12. The lowest BCUT2D eigenvalue weighted by atomic mass is 10.1. The summed E-state index contributed by atoms with van der Waals surface area (Å²) in [5, 5.41) is 16.7. The van der Waals surface area contributed by atoms with Crippen LogP contribution in [0.15, 0.2) is 28.8 Å². The van der Waals surface area contributed by atoms with Gasteiger partial charge in [-0.1, -0.05) is 36.3 Å². The van der Waals surface area contributed by atoms with Gasteiger partial charge in [0.25, 0.3) is 0 Å². The van der Waals surface area contributed by atoms with E-state index in [1.165, 1.54) is 5.56 Å². The van der Waals surface area contributed by atoms with Crippen molar-refractivity contribution in [1.82, 2.24) is 15.5 Å². The summed E-state index contributed by atoms with van der Waals surface area (Å²) < 4.78 is 5.27. The number of β-amino-alcohol motifs (C(OH)–C–C–N with tert-alkyl or cyclic N) is 1. The number of aromatic nitrogens is 2. The second-order valence-corrected chi connectivity index (χ2v) is 4.86. The van der Waals surface area contributed by atoms with Gasteiger partial charge in [-0.15, -0.1) is 0 Å². The van der Waals surface area contributed by atoms with Crippen LogP contribution in [0.5, 0.6) is 0 Å². The number of nitrogens with zero attached hydrogens (tertiary/aromatic N) is 2. The molecule has 1 aromatic heterocycles. The number of nitrogens with one attached hydrogen (secondary N) is 1. The minimum absolute atomic E-state index is 0.0360. The molecule has 0 amide bonds. The average molecular weight is 259 g/mol. The van der Waals surface area contributed by atoms with Gasteiger partial charge in [0.1, 0.15) is 0 Å². The summed E-state index contributed by atoms with van der Waals surface area (Å²) in [6.07, 6.45) is 1.31. The molecular weight excluding hydrogens is 242 g/mol. The van der Waals surface area contributed by atoms with Crippen molar-refractivity contribution in [2.24, 2.45) is 0 Å². The number of hydrogen-bond acceptors (Lipinski definition) is 5. The Bertz CT molecular complexity index is 550. The molecule has 5 heteroatoms. The number of aliphatic hydroxyl groups is 1. The molecule has 1 aromatic carbocycles. The van der Waals surface area contributed by atoms with Gasteiger partial charge in [0.2, 0.25) is 11.7 Å². The van der Waals surface area contributed by atoms with Crippen molar-refractivity contribution >= 4 is 0 Å². The van der Waals surface area contributed by atoms with Crippen molar-refractivity contribution in [3.05, 3.63) is 35.7 Å².